The van der Waals surface area contributed by atoms with Crippen molar-refractivity contribution in [2.45, 2.75) is 44.4 Å². The Morgan fingerprint density at radius 2 is 1.98 bits per heavy atom. The third-order valence-electron chi connectivity index (χ3n) is 8.27. The molecule has 0 aliphatic carbocycles. The predicted molar refractivity (Wildman–Crippen MR) is 178 cm³/mol. The number of hydrogen-bond donors (Lipinski definition) is 3. The van der Waals surface area contributed by atoms with E-state index in [1.165, 1.54) is 24.8 Å². The van der Waals surface area contributed by atoms with Gasteiger partial charge in [-0.2, -0.15) is 5.10 Å². The van der Waals surface area contributed by atoms with Gasteiger partial charge >= 0.3 is 6.09 Å². The van der Waals surface area contributed by atoms with Gasteiger partial charge < -0.3 is 20.3 Å². The first-order valence-electron chi connectivity index (χ1n) is 15.6. The lowest BCUT2D eigenvalue weighted by molar-refractivity contribution is 0.105. The van der Waals surface area contributed by atoms with Crippen molar-refractivity contribution in [3.63, 3.8) is 0 Å². The van der Waals surface area contributed by atoms with Gasteiger partial charge in [0.15, 0.2) is 5.82 Å². The zero-order valence-corrected chi connectivity index (χ0v) is 25.9. The fourth-order valence-electron chi connectivity index (χ4n) is 5.94. The largest absolute Gasteiger partial charge is 0.445 e. The molecule has 5 heterocycles. The molecule has 0 unspecified atom stereocenters. The Morgan fingerprint density at radius 3 is 2.87 bits per heavy atom. The maximum Gasteiger partial charge on any atom is 0.407 e. The SMILES string of the molecule is O=C(NCCN1CCCCC1)O[C@H]1CN[C@H](C#Cc2cc3ncnc(Nc4ccc5c(cnn5Cc5ccccc5)c4)c3s2)C1. The van der Waals surface area contributed by atoms with Crippen molar-refractivity contribution in [3.8, 4) is 11.8 Å². The van der Waals surface area contributed by atoms with Gasteiger partial charge in [-0.05, 0) is 55.8 Å². The fourth-order valence-corrected chi connectivity index (χ4v) is 6.86. The standard InChI is InChI=1S/C34H36N8O2S/c43-34(35-13-16-41-14-5-2-6-15-41)44-28-18-26(36-21-28)9-11-29-19-30-32(45-29)33(38-23-37-30)40-27-10-12-31-25(17-27)20-39-42(31)22-24-7-3-1-4-8-24/h1,3-4,7-8,10,12,17,19-20,23,26,28,36H,2,5-6,13-16,18,21-22H2,(H,35,43)(H,37,38,40)/t26-,28-/m1/s1. The number of ether oxygens (including phenoxy) is 1. The van der Waals surface area contributed by atoms with Crippen LogP contribution in [0.4, 0.5) is 16.3 Å². The monoisotopic (exact) mass is 620 g/mol. The van der Waals surface area contributed by atoms with E-state index in [2.05, 4.69) is 72.0 Å². The molecular formula is C34H36N8O2S. The van der Waals surface area contributed by atoms with Crippen LogP contribution in [-0.2, 0) is 11.3 Å². The molecule has 10 nitrogen and oxygen atoms in total. The van der Waals surface area contributed by atoms with Crippen LogP contribution in [0.2, 0.25) is 0 Å². The van der Waals surface area contributed by atoms with E-state index in [0.29, 0.717) is 19.5 Å². The summed E-state index contributed by atoms with van der Waals surface area (Å²) in [5.74, 6) is 7.35. The van der Waals surface area contributed by atoms with Gasteiger partial charge in [0.1, 0.15) is 12.4 Å². The lowest BCUT2D eigenvalue weighted by atomic mass is 10.1. The average Bonchev–Trinajstić information content (AvgIpc) is 3.80. The summed E-state index contributed by atoms with van der Waals surface area (Å²) in [7, 11) is 0. The number of nitrogens with zero attached hydrogens (tertiary/aromatic N) is 5. The van der Waals surface area contributed by atoms with Crippen LogP contribution in [0.1, 0.15) is 36.1 Å². The number of rotatable bonds is 8. The van der Waals surface area contributed by atoms with Crippen molar-refractivity contribution in [3.05, 3.63) is 77.6 Å². The molecule has 45 heavy (non-hydrogen) atoms. The first-order valence-corrected chi connectivity index (χ1v) is 16.4. The Kier molecular flexibility index (Phi) is 8.86. The van der Waals surface area contributed by atoms with Crippen molar-refractivity contribution < 1.29 is 9.53 Å². The molecule has 7 rings (SSSR count). The first-order chi connectivity index (χ1) is 22.2. The van der Waals surface area contributed by atoms with Crippen molar-refractivity contribution in [1.29, 1.82) is 0 Å². The molecule has 5 aromatic rings. The van der Waals surface area contributed by atoms with Crippen molar-refractivity contribution in [2.24, 2.45) is 0 Å². The average molecular weight is 621 g/mol. The van der Waals surface area contributed by atoms with Gasteiger partial charge in [0.2, 0.25) is 0 Å². The minimum absolute atomic E-state index is 0.0421. The molecule has 0 bridgehead atoms. The van der Waals surface area contributed by atoms with Crippen molar-refractivity contribution in [2.75, 3.05) is 38.0 Å². The summed E-state index contributed by atoms with van der Waals surface area (Å²) in [5.41, 5.74) is 4.07. The fraction of sp³-hybridized carbons (Fsp3) is 0.353. The maximum absolute atomic E-state index is 12.3. The molecule has 0 spiro atoms. The summed E-state index contributed by atoms with van der Waals surface area (Å²) in [5, 5.41) is 15.4. The second-order valence-electron chi connectivity index (χ2n) is 11.6. The van der Waals surface area contributed by atoms with E-state index < -0.39 is 0 Å². The normalized spacial score (nSPS) is 18.5. The Labute approximate surface area is 266 Å². The molecule has 11 heteroatoms. The summed E-state index contributed by atoms with van der Waals surface area (Å²) in [6.45, 7) is 5.04. The number of likely N-dealkylation sites (tertiary alicyclic amines) is 1. The summed E-state index contributed by atoms with van der Waals surface area (Å²) in [6.07, 6.45) is 7.39. The predicted octanol–water partition coefficient (Wildman–Crippen LogP) is 5.13. The molecule has 2 aliphatic rings. The molecular weight excluding hydrogens is 584 g/mol. The highest BCUT2D eigenvalue weighted by Crippen LogP contribution is 2.31. The van der Waals surface area contributed by atoms with Crippen LogP contribution >= 0.6 is 11.3 Å². The first kappa shape index (κ1) is 29.2. The van der Waals surface area contributed by atoms with E-state index >= 15 is 0 Å². The third kappa shape index (κ3) is 7.26. The minimum atomic E-state index is -0.351. The van der Waals surface area contributed by atoms with Gasteiger partial charge in [-0.3, -0.25) is 10.00 Å². The zero-order chi connectivity index (χ0) is 30.4. The molecule has 0 radical (unpaired) electrons. The molecule has 3 aromatic heterocycles. The second-order valence-corrected chi connectivity index (χ2v) is 12.6. The maximum atomic E-state index is 12.3. The number of thiophene rings is 1. The van der Waals surface area contributed by atoms with E-state index in [1.54, 1.807) is 17.7 Å². The highest BCUT2D eigenvalue weighted by molar-refractivity contribution is 7.20. The molecule has 2 fully saturated rings. The van der Waals surface area contributed by atoms with Gasteiger partial charge in [0, 0.05) is 37.1 Å². The highest BCUT2D eigenvalue weighted by atomic mass is 32.1. The van der Waals surface area contributed by atoms with Gasteiger partial charge in [-0.15, -0.1) is 11.3 Å². The number of amides is 1. The van der Waals surface area contributed by atoms with E-state index in [9.17, 15) is 4.79 Å². The Morgan fingerprint density at radius 1 is 1.09 bits per heavy atom. The molecule has 1 amide bonds. The van der Waals surface area contributed by atoms with Crippen molar-refractivity contribution in [1.82, 2.24) is 35.3 Å². The molecule has 2 aromatic carbocycles. The van der Waals surface area contributed by atoms with Crippen LogP contribution in [0.15, 0.2) is 67.1 Å². The lowest BCUT2D eigenvalue weighted by Gasteiger charge is -2.26. The highest BCUT2D eigenvalue weighted by Gasteiger charge is 2.26. The van der Waals surface area contributed by atoms with Gasteiger partial charge in [-0.1, -0.05) is 48.6 Å². The van der Waals surface area contributed by atoms with Gasteiger partial charge in [0.05, 0.1) is 39.4 Å². The Balaban J connectivity index is 0.950. The Bertz CT molecular complexity index is 1840. The number of nitrogens with one attached hydrogen (secondary N) is 3. The van der Waals surface area contributed by atoms with E-state index in [0.717, 1.165) is 63.7 Å². The quantitative estimate of drug-likeness (QED) is 0.205. The summed E-state index contributed by atoms with van der Waals surface area (Å²) >= 11 is 1.56. The minimum Gasteiger partial charge on any atom is -0.445 e. The van der Waals surface area contributed by atoms with Crippen LogP contribution in [-0.4, -0.2) is 75.6 Å². The molecule has 2 atom stereocenters. The number of aromatic nitrogens is 4. The third-order valence-corrected chi connectivity index (χ3v) is 9.32. The smallest absolute Gasteiger partial charge is 0.407 e. The second kappa shape index (κ2) is 13.6. The summed E-state index contributed by atoms with van der Waals surface area (Å²) in [4.78, 5) is 24.6. The zero-order valence-electron chi connectivity index (χ0n) is 25.0. The van der Waals surface area contributed by atoms with Crippen LogP contribution in [0.25, 0.3) is 21.1 Å². The number of hydrogen-bond acceptors (Lipinski definition) is 9. The Hall–Kier alpha value is -4.50. The number of piperidine rings is 1. The molecule has 3 N–H and O–H groups in total. The number of alkyl carbamates (subject to hydrolysis) is 1. The van der Waals surface area contributed by atoms with Crippen LogP contribution in [0.3, 0.4) is 0 Å². The van der Waals surface area contributed by atoms with E-state index in [4.69, 9.17) is 4.74 Å². The van der Waals surface area contributed by atoms with Crippen LogP contribution < -0.4 is 16.0 Å². The number of anilines is 2. The van der Waals surface area contributed by atoms with Gasteiger partial charge in [0.25, 0.3) is 0 Å². The van der Waals surface area contributed by atoms with Crippen LogP contribution in [0, 0.1) is 11.8 Å². The summed E-state index contributed by atoms with van der Waals surface area (Å²) in [6, 6.07) is 18.5. The molecule has 230 valence electrons. The van der Waals surface area contributed by atoms with Gasteiger partial charge in [-0.25, -0.2) is 14.8 Å². The number of fused-ring (bicyclic) bond motifs is 2. The molecule has 2 aliphatic heterocycles. The number of benzene rings is 2. The summed E-state index contributed by atoms with van der Waals surface area (Å²) < 4.78 is 8.59. The lowest BCUT2D eigenvalue weighted by Crippen LogP contribution is -2.38. The van der Waals surface area contributed by atoms with Crippen LogP contribution in [0.5, 0.6) is 0 Å². The van der Waals surface area contributed by atoms with Crippen molar-refractivity contribution >= 4 is 50.1 Å². The molecule has 2 saturated heterocycles. The van der Waals surface area contributed by atoms with E-state index in [-0.39, 0.29) is 18.2 Å². The number of carbonyl (C=O) groups excluding carboxylic acids is 1. The topological polar surface area (TPSA) is 109 Å². The molecule has 0 saturated carbocycles. The van der Waals surface area contributed by atoms with E-state index in [1.807, 2.05) is 41.2 Å². The number of carbonyl (C=O) groups is 1.